The average molecular weight is 473 g/mol. The first kappa shape index (κ1) is 23.6. The Bertz CT molecular complexity index is 476. The van der Waals surface area contributed by atoms with Crippen molar-refractivity contribution in [3.63, 3.8) is 0 Å². The lowest BCUT2D eigenvalue weighted by Crippen LogP contribution is -2.36. The fourth-order valence-electron chi connectivity index (χ4n) is 2.97. The van der Waals surface area contributed by atoms with Gasteiger partial charge in [0.25, 0.3) is 0 Å². The minimum atomic E-state index is -0.731. The molecule has 1 aromatic carbocycles. The Morgan fingerprint density at radius 2 is 1.42 bits per heavy atom. The number of benzene rings is 1. The zero-order valence-corrected chi connectivity index (χ0v) is 18.1. The number of halogens is 1. The number of aryl methyl sites for hydroxylation is 1. The number of allylic oxidation sites excluding steroid dienone is 1. The maximum absolute atomic E-state index is 9.58. The summed E-state index contributed by atoms with van der Waals surface area (Å²) in [6, 6.07) is 8.32. The number of aliphatic hydroxyl groups excluding tert-OH is 2. The number of rotatable bonds is 15. The Labute approximate surface area is 173 Å². The lowest BCUT2D eigenvalue weighted by molar-refractivity contribution is 0.144. The molecule has 148 valence electrons. The van der Waals surface area contributed by atoms with Gasteiger partial charge in [0.1, 0.15) is 0 Å². The van der Waals surface area contributed by atoms with Gasteiger partial charge in [-0.15, -0.1) is 0 Å². The fourth-order valence-corrected chi connectivity index (χ4v) is 3.33. The molecule has 0 unspecified atom stereocenters. The van der Waals surface area contributed by atoms with Crippen molar-refractivity contribution in [1.82, 2.24) is 0 Å². The van der Waals surface area contributed by atoms with Crippen LogP contribution in [-0.2, 0) is 6.42 Å². The SMILES string of the molecule is N[C@@H](CO)[C@H](O)/C=C/CCCCCCCCCCCc1ccc(I)cc1. The van der Waals surface area contributed by atoms with Gasteiger partial charge in [0.2, 0.25) is 0 Å². The smallest absolute Gasteiger partial charge is 0.0894 e. The molecule has 0 saturated heterocycles. The van der Waals surface area contributed by atoms with E-state index >= 15 is 0 Å². The Morgan fingerprint density at radius 1 is 0.885 bits per heavy atom. The number of hydrogen-bond acceptors (Lipinski definition) is 3. The van der Waals surface area contributed by atoms with Crippen molar-refractivity contribution in [3.8, 4) is 0 Å². The second-order valence-corrected chi connectivity index (χ2v) is 8.36. The largest absolute Gasteiger partial charge is 0.395 e. The lowest BCUT2D eigenvalue weighted by Gasteiger charge is -2.11. The third-order valence-corrected chi connectivity index (χ3v) is 5.45. The van der Waals surface area contributed by atoms with Gasteiger partial charge in [-0.3, -0.25) is 0 Å². The monoisotopic (exact) mass is 473 g/mol. The first-order valence-corrected chi connectivity index (χ1v) is 11.2. The normalized spacial score (nSPS) is 14.0. The van der Waals surface area contributed by atoms with Crippen LogP contribution < -0.4 is 5.73 Å². The minimum Gasteiger partial charge on any atom is -0.395 e. The predicted octanol–water partition coefficient (Wildman–Crippen LogP) is 4.97. The van der Waals surface area contributed by atoms with Crippen LogP contribution in [0.3, 0.4) is 0 Å². The Hall–Kier alpha value is -0.430. The molecule has 4 heteroatoms. The molecule has 0 amide bonds. The standard InChI is InChI=1S/C22H36INO2/c23-20-16-14-19(15-17-20)12-10-8-6-4-2-1-3-5-7-9-11-13-22(26)21(24)18-25/h11,13-17,21-22,25-26H,1-10,12,18,24H2/b13-11+/t21-,22+/m0/s1. The summed E-state index contributed by atoms with van der Waals surface area (Å²) >= 11 is 2.35. The Kier molecular flexibility index (Phi) is 14.2. The summed E-state index contributed by atoms with van der Waals surface area (Å²) in [5, 5.41) is 18.4. The molecule has 0 fully saturated rings. The molecule has 26 heavy (non-hydrogen) atoms. The highest BCUT2D eigenvalue weighted by Crippen LogP contribution is 2.13. The van der Waals surface area contributed by atoms with E-state index in [1.54, 1.807) is 6.08 Å². The van der Waals surface area contributed by atoms with Gasteiger partial charge in [0.15, 0.2) is 0 Å². The Morgan fingerprint density at radius 3 is 2.00 bits per heavy atom. The molecule has 3 nitrogen and oxygen atoms in total. The first-order valence-electron chi connectivity index (χ1n) is 10.1. The van der Waals surface area contributed by atoms with E-state index in [1.165, 1.54) is 66.9 Å². The molecular formula is C22H36INO2. The molecule has 0 aromatic heterocycles. The van der Waals surface area contributed by atoms with Gasteiger partial charge in [-0.25, -0.2) is 0 Å². The third kappa shape index (κ3) is 12.0. The second-order valence-electron chi connectivity index (χ2n) is 7.11. The molecular weight excluding hydrogens is 437 g/mol. The number of unbranched alkanes of at least 4 members (excludes halogenated alkanes) is 9. The molecule has 0 aliphatic rings. The van der Waals surface area contributed by atoms with Crippen LogP contribution in [0.5, 0.6) is 0 Å². The van der Waals surface area contributed by atoms with E-state index in [0.29, 0.717) is 0 Å². The molecule has 1 aromatic rings. The van der Waals surface area contributed by atoms with Crippen molar-refractivity contribution in [2.45, 2.75) is 82.8 Å². The third-order valence-electron chi connectivity index (χ3n) is 4.73. The van der Waals surface area contributed by atoms with E-state index in [-0.39, 0.29) is 6.61 Å². The molecule has 4 N–H and O–H groups in total. The van der Waals surface area contributed by atoms with Gasteiger partial charge >= 0.3 is 0 Å². The van der Waals surface area contributed by atoms with Crippen LogP contribution in [-0.4, -0.2) is 29.0 Å². The van der Waals surface area contributed by atoms with Crippen LogP contribution in [0.1, 0.15) is 69.8 Å². The van der Waals surface area contributed by atoms with Crippen LogP contribution >= 0.6 is 22.6 Å². The molecule has 0 aliphatic carbocycles. The molecule has 0 spiro atoms. The van der Waals surface area contributed by atoms with Crippen molar-refractivity contribution in [2.24, 2.45) is 5.73 Å². The van der Waals surface area contributed by atoms with Gasteiger partial charge in [-0.1, -0.05) is 69.2 Å². The van der Waals surface area contributed by atoms with Crippen molar-refractivity contribution in [1.29, 1.82) is 0 Å². The fraction of sp³-hybridized carbons (Fsp3) is 0.636. The lowest BCUT2D eigenvalue weighted by atomic mass is 10.0. The highest BCUT2D eigenvalue weighted by atomic mass is 127. The second kappa shape index (κ2) is 15.6. The summed E-state index contributed by atoms with van der Waals surface area (Å²) in [5.41, 5.74) is 7.00. The van der Waals surface area contributed by atoms with E-state index in [9.17, 15) is 5.11 Å². The summed E-state index contributed by atoms with van der Waals surface area (Å²) in [6.45, 7) is -0.183. The zero-order chi connectivity index (χ0) is 19.0. The summed E-state index contributed by atoms with van der Waals surface area (Å²) < 4.78 is 1.31. The number of hydrogen-bond donors (Lipinski definition) is 3. The van der Waals surface area contributed by atoms with Crippen LogP contribution in [0.4, 0.5) is 0 Å². The van der Waals surface area contributed by atoms with E-state index < -0.39 is 12.1 Å². The van der Waals surface area contributed by atoms with Gasteiger partial charge < -0.3 is 15.9 Å². The summed E-state index contributed by atoms with van der Waals surface area (Å²) in [7, 11) is 0. The van der Waals surface area contributed by atoms with Gasteiger partial charge in [0.05, 0.1) is 18.8 Å². The molecule has 0 saturated carbocycles. The topological polar surface area (TPSA) is 66.5 Å². The highest BCUT2D eigenvalue weighted by molar-refractivity contribution is 14.1. The van der Waals surface area contributed by atoms with Gasteiger partial charge in [-0.05, 0) is 66.0 Å². The summed E-state index contributed by atoms with van der Waals surface area (Å²) in [5.74, 6) is 0. The summed E-state index contributed by atoms with van der Waals surface area (Å²) in [6.07, 6.45) is 16.9. The molecule has 0 bridgehead atoms. The van der Waals surface area contributed by atoms with Crippen molar-refractivity contribution < 1.29 is 10.2 Å². The van der Waals surface area contributed by atoms with Crippen LogP contribution in [0.25, 0.3) is 0 Å². The van der Waals surface area contributed by atoms with Crippen molar-refractivity contribution >= 4 is 22.6 Å². The van der Waals surface area contributed by atoms with E-state index in [1.807, 2.05) is 6.08 Å². The van der Waals surface area contributed by atoms with Crippen molar-refractivity contribution in [2.75, 3.05) is 6.61 Å². The van der Waals surface area contributed by atoms with Crippen molar-refractivity contribution in [3.05, 3.63) is 45.6 Å². The number of nitrogens with two attached hydrogens (primary N) is 1. The molecule has 1 rings (SSSR count). The molecule has 0 heterocycles. The van der Waals surface area contributed by atoms with Crippen LogP contribution in [0.2, 0.25) is 0 Å². The van der Waals surface area contributed by atoms with Gasteiger partial charge in [-0.2, -0.15) is 0 Å². The highest BCUT2D eigenvalue weighted by Gasteiger charge is 2.08. The average Bonchev–Trinajstić information content (AvgIpc) is 2.66. The number of aliphatic hydroxyl groups is 2. The van der Waals surface area contributed by atoms with E-state index in [4.69, 9.17) is 10.8 Å². The predicted molar refractivity (Wildman–Crippen MR) is 119 cm³/mol. The maximum Gasteiger partial charge on any atom is 0.0894 e. The first-order chi connectivity index (χ1) is 12.6. The minimum absolute atomic E-state index is 0.183. The van der Waals surface area contributed by atoms with E-state index in [0.717, 1.165) is 12.8 Å². The molecule has 2 atom stereocenters. The zero-order valence-electron chi connectivity index (χ0n) is 16.0. The van der Waals surface area contributed by atoms with Crippen LogP contribution in [0, 0.1) is 3.57 Å². The maximum atomic E-state index is 9.58. The molecule has 0 aliphatic heterocycles. The molecule has 0 radical (unpaired) electrons. The Balaban J connectivity index is 1.85. The van der Waals surface area contributed by atoms with E-state index in [2.05, 4.69) is 46.9 Å². The van der Waals surface area contributed by atoms with Gasteiger partial charge in [0, 0.05) is 3.57 Å². The quantitative estimate of drug-likeness (QED) is 0.191. The summed E-state index contributed by atoms with van der Waals surface area (Å²) in [4.78, 5) is 0. The van der Waals surface area contributed by atoms with Crippen LogP contribution in [0.15, 0.2) is 36.4 Å².